The predicted octanol–water partition coefficient (Wildman–Crippen LogP) is 1.65. The van der Waals surface area contributed by atoms with Gasteiger partial charge in [-0.1, -0.05) is 12.1 Å². The van der Waals surface area contributed by atoms with Crippen LogP contribution in [-0.4, -0.2) is 30.3 Å². The van der Waals surface area contributed by atoms with Gasteiger partial charge in [0.15, 0.2) is 0 Å². The van der Waals surface area contributed by atoms with Crippen LogP contribution in [0.2, 0.25) is 0 Å². The van der Waals surface area contributed by atoms with Crippen molar-refractivity contribution >= 4 is 5.91 Å². The molecule has 4 heteroatoms. The van der Waals surface area contributed by atoms with Crippen LogP contribution < -0.4 is 10.1 Å². The van der Waals surface area contributed by atoms with Crippen molar-refractivity contribution in [2.75, 3.05) is 13.2 Å². The number of hydrogen-bond acceptors (Lipinski definition) is 3. The molecule has 0 unspecified atom stereocenters. The molecule has 0 spiro atoms. The first-order valence-corrected chi connectivity index (χ1v) is 6.22. The van der Waals surface area contributed by atoms with E-state index in [0.29, 0.717) is 26.0 Å². The summed E-state index contributed by atoms with van der Waals surface area (Å²) in [6.45, 7) is 4.47. The molecule has 0 saturated heterocycles. The number of carbonyl (C=O) groups is 1. The summed E-state index contributed by atoms with van der Waals surface area (Å²) in [4.78, 5) is 11.3. The first-order chi connectivity index (χ1) is 8.58. The SMILES string of the molecule is Cc1cccc(OCCCC(=O)NC[C@@H](C)O)c1. The summed E-state index contributed by atoms with van der Waals surface area (Å²) in [5, 5.41) is 11.7. The highest BCUT2D eigenvalue weighted by molar-refractivity contribution is 5.75. The maximum atomic E-state index is 11.3. The predicted molar refractivity (Wildman–Crippen MR) is 70.6 cm³/mol. The number of aliphatic hydroxyl groups is 1. The highest BCUT2D eigenvalue weighted by Crippen LogP contribution is 2.12. The minimum absolute atomic E-state index is 0.0521. The summed E-state index contributed by atoms with van der Waals surface area (Å²) in [5.41, 5.74) is 1.15. The van der Waals surface area contributed by atoms with Crippen molar-refractivity contribution < 1.29 is 14.6 Å². The van der Waals surface area contributed by atoms with Crippen LogP contribution >= 0.6 is 0 Å². The molecule has 0 heterocycles. The lowest BCUT2D eigenvalue weighted by Gasteiger charge is -2.08. The number of ether oxygens (including phenoxy) is 1. The smallest absolute Gasteiger partial charge is 0.220 e. The molecule has 1 rings (SSSR count). The van der Waals surface area contributed by atoms with Crippen LogP contribution in [-0.2, 0) is 4.79 Å². The number of hydrogen-bond donors (Lipinski definition) is 2. The fourth-order valence-electron chi connectivity index (χ4n) is 1.48. The van der Waals surface area contributed by atoms with E-state index < -0.39 is 6.10 Å². The third-order valence-electron chi connectivity index (χ3n) is 2.40. The summed E-state index contributed by atoms with van der Waals surface area (Å²) >= 11 is 0. The Balaban J connectivity index is 2.13. The van der Waals surface area contributed by atoms with Gasteiger partial charge in [-0.05, 0) is 38.0 Å². The van der Waals surface area contributed by atoms with Gasteiger partial charge in [-0.15, -0.1) is 0 Å². The minimum Gasteiger partial charge on any atom is -0.494 e. The standard InChI is InChI=1S/C14H21NO3/c1-11-5-3-6-13(9-11)18-8-4-7-14(17)15-10-12(2)16/h3,5-6,9,12,16H,4,7-8,10H2,1-2H3,(H,15,17)/t12-/m1/s1. The third kappa shape index (κ3) is 6.25. The Morgan fingerprint density at radius 2 is 2.28 bits per heavy atom. The van der Waals surface area contributed by atoms with Gasteiger partial charge in [0, 0.05) is 13.0 Å². The number of benzene rings is 1. The molecule has 4 nitrogen and oxygen atoms in total. The average molecular weight is 251 g/mol. The number of aliphatic hydroxyl groups excluding tert-OH is 1. The molecule has 0 aliphatic carbocycles. The van der Waals surface area contributed by atoms with Crippen molar-refractivity contribution in [3.8, 4) is 5.75 Å². The van der Waals surface area contributed by atoms with E-state index in [0.717, 1.165) is 11.3 Å². The summed E-state index contributed by atoms with van der Waals surface area (Å²) < 4.78 is 5.53. The van der Waals surface area contributed by atoms with Crippen molar-refractivity contribution in [2.24, 2.45) is 0 Å². The van der Waals surface area contributed by atoms with E-state index in [2.05, 4.69) is 5.32 Å². The monoisotopic (exact) mass is 251 g/mol. The van der Waals surface area contributed by atoms with Gasteiger partial charge in [-0.2, -0.15) is 0 Å². The van der Waals surface area contributed by atoms with Crippen LogP contribution in [0.1, 0.15) is 25.3 Å². The molecule has 100 valence electrons. The van der Waals surface area contributed by atoms with Gasteiger partial charge >= 0.3 is 0 Å². The number of aryl methyl sites for hydroxylation is 1. The van der Waals surface area contributed by atoms with Crippen LogP contribution in [0.15, 0.2) is 24.3 Å². The quantitative estimate of drug-likeness (QED) is 0.724. The molecule has 0 aromatic heterocycles. The van der Waals surface area contributed by atoms with Gasteiger partial charge in [0.2, 0.25) is 5.91 Å². The first-order valence-electron chi connectivity index (χ1n) is 6.22. The molecule has 0 saturated carbocycles. The van der Waals surface area contributed by atoms with E-state index in [1.165, 1.54) is 0 Å². The van der Waals surface area contributed by atoms with Crippen LogP contribution in [0.25, 0.3) is 0 Å². The topological polar surface area (TPSA) is 58.6 Å². The normalized spacial score (nSPS) is 11.9. The lowest BCUT2D eigenvalue weighted by atomic mass is 10.2. The molecule has 0 bridgehead atoms. The second-order valence-electron chi connectivity index (χ2n) is 4.42. The Kier molecular flexibility index (Phi) is 6.22. The Hall–Kier alpha value is -1.55. The van der Waals surface area contributed by atoms with E-state index in [4.69, 9.17) is 9.84 Å². The summed E-state index contributed by atoms with van der Waals surface area (Å²) in [6, 6.07) is 7.82. The second kappa shape index (κ2) is 7.71. The molecule has 2 N–H and O–H groups in total. The van der Waals surface area contributed by atoms with E-state index in [-0.39, 0.29) is 5.91 Å². The van der Waals surface area contributed by atoms with Gasteiger partial charge in [0.1, 0.15) is 5.75 Å². The highest BCUT2D eigenvalue weighted by Gasteiger charge is 2.03. The fraction of sp³-hybridized carbons (Fsp3) is 0.500. The van der Waals surface area contributed by atoms with Gasteiger partial charge in [-0.25, -0.2) is 0 Å². The number of carbonyl (C=O) groups excluding carboxylic acids is 1. The average Bonchev–Trinajstić information content (AvgIpc) is 2.32. The lowest BCUT2D eigenvalue weighted by molar-refractivity contribution is -0.121. The molecule has 1 amide bonds. The van der Waals surface area contributed by atoms with Crippen molar-refractivity contribution in [3.05, 3.63) is 29.8 Å². The summed E-state index contributed by atoms with van der Waals surface area (Å²) in [5.74, 6) is 0.781. The van der Waals surface area contributed by atoms with Crippen molar-refractivity contribution in [2.45, 2.75) is 32.8 Å². The lowest BCUT2D eigenvalue weighted by Crippen LogP contribution is -2.30. The van der Waals surface area contributed by atoms with Crippen LogP contribution in [0, 0.1) is 6.92 Å². The zero-order chi connectivity index (χ0) is 13.4. The van der Waals surface area contributed by atoms with Gasteiger partial charge < -0.3 is 15.2 Å². The van der Waals surface area contributed by atoms with Crippen molar-refractivity contribution in [1.82, 2.24) is 5.32 Å². The van der Waals surface area contributed by atoms with E-state index in [1.54, 1.807) is 6.92 Å². The molecule has 18 heavy (non-hydrogen) atoms. The van der Waals surface area contributed by atoms with E-state index in [1.807, 2.05) is 31.2 Å². The van der Waals surface area contributed by atoms with Gasteiger partial charge in [-0.3, -0.25) is 4.79 Å². The van der Waals surface area contributed by atoms with Gasteiger partial charge in [0.25, 0.3) is 0 Å². The van der Waals surface area contributed by atoms with Crippen LogP contribution in [0.3, 0.4) is 0 Å². The van der Waals surface area contributed by atoms with E-state index in [9.17, 15) is 4.79 Å². The number of nitrogens with one attached hydrogen (secondary N) is 1. The Morgan fingerprint density at radius 3 is 2.94 bits per heavy atom. The maximum Gasteiger partial charge on any atom is 0.220 e. The third-order valence-corrected chi connectivity index (χ3v) is 2.40. The van der Waals surface area contributed by atoms with Crippen LogP contribution in [0.4, 0.5) is 0 Å². The molecule has 1 atom stereocenters. The maximum absolute atomic E-state index is 11.3. The molecule has 1 aromatic carbocycles. The molecule has 0 aliphatic heterocycles. The molecule has 1 aromatic rings. The zero-order valence-corrected chi connectivity index (χ0v) is 11.0. The largest absolute Gasteiger partial charge is 0.494 e. The molecular formula is C14H21NO3. The first kappa shape index (κ1) is 14.5. The molecule has 0 radical (unpaired) electrons. The zero-order valence-electron chi connectivity index (χ0n) is 11.0. The molecule has 0 aliphatic rings. The van der Waals surface area contributed by atoms with Crippen LogP contribution in [0.5, 0.6) is 5.75 Å². The highest BCUT2D eigenvalue weighted by atomic mass is 16.5. The Morgan fingerprint density at radius 1 is 1.50 bits per heavy atom. The molecular weight excluding hydrogens is 230 g/mol. The van der Waals surface area contributed by atoms with Crippen molar-refractivity contribution in [1.29, 1.82) is 0 Å². The Labute approximate surface area is 108 Å². The summed E-state index contributed by atoms with van der Waals surface area (Å²) in [7, 11) is 0. The molecule has 0 fully saturated rings. The minimum atomic E-state index is -0.502. The number of amides is 1. The fourth-order valence-corrected chi connectivity index (χ4v) is 1.48. The van der Waals surface area contributed by atoms with E-state index >= 15 is 0 Å². The Bertz CT molecular complexity index is 377. The van der Waals surface area contributed by atoms with Gasteiger partial charge in [0.05, 0.1) is 12.7 Å². The van der Waals surface area contributed by atoms with Crippen molar-refractivity contribution in [3.63, 3.8) is 0 Å². The number of rotatable bonds is 7. The summed E-state index contributed by atoms with van der Waals surface area (Å²) in [6.07, 6.45) is 0.579. The second-order valence-corrected chi connectivity index (χ2v) is 4.42.